The Labute approximate surface area is 156 Å². The number of anilines is 1. The molecule has 0 radical (unpaired) electrons. The van der Waals surface area contributed by atoms with E-state index in [-0.39, 0.29) is 0 Å². The van der Waals surface area contributed by atoms with E-state index in [2.05, 4.69) is 30.3 Å². The minimum Gasteiger partial charge on any atom is -0.363 e. The van der Waals surface area contributed by atoms with E-state index in [9.17, 15) is 0 Å². The Bertz CT molecular complexity index is 1070. The quantitative estimate of drug-likeness (QED) is 0.509. The Morgan fingerprint density at radius 2 is 1.81 bits per heavy atom. The number of nitrogens with zero attached hydrogens (tertiary/aromatic N) is 8. The van der Waals surface area contributed by atoms with Gasteiger partial charge in [-0.05, 0) is 23.8 Å². The van der Waals surface area contributed by atoms with Gasteiger partial charge in [0.15, 0.2) is 11.5 Å². The highest BCUT2D eigenvalue weighted by atomic mass is 15.3. The molecule has 3 aromatic heterocycles. The van der Waals surface area contributed by atoms with Crippen LogP contribution in [0.5, 0.6) is 0 Å². The van der Waals surface area contributed by atoms with Crippen molar-refractivity contribution < 1.29 is 0 Å². The molecule has 0 saturated carbocycles. The standard InChI is InChI=1S/C19H18N8/c1-26(2)17-9-8-14(10-20-17)11-23-25-18-16-12-24-27(19(16)22-13-21-18)15-6-4-3-5-7-15/h3-10,12-13H,11H2,1-2H3. The van der Waals surface area contributed by atoms with Crippen molar-refractivity contribution in [3.8, 4) is 5.69 Å². The molecule has 0 atom stereocenters. The summed E-state index contributed by atoms with van der Waals surface area (Å²) in [6, 6.07) is 13.8. The second-order valence-electron chi connectivity index (χ2n) is 6.15. The zero-order valence-electron chi connectivity index (χ0n) is 15.1. The summed E-state index contributed by atoms with van der Waals surface area (Å²) in [6.45, 7) is 0.430. The van der Waals surface area contributed by atoms with Crippen LogP contribution in [-0.2, 0) is 6.54 Å². The van der Waals surface area contributed by atoms with Gasteiger partial charge in [0, 0.05) is 20.3 Å². The summed E-state index contributed by atoms with van der Waals surface area (Å²) in [5, 5.41) is 13.7. The van der Waals surface area contributed by atoms with E-state index in [1.54, 1.807) is 17.1 Å². The lowest BCUT2D eigenvalue weighted by Crippen LogP contribution is -2.10. The van der Waals surface area contributed by atoms with E-state index in [0.29, 0.717) is 18.0 Å². The monoisotopic (exact) mass is 358 g/mol. The molecule has 0 amide bonds. The largest absolute Gasteiger partial charge is 0.363 e. The molecule has 8 nitrogen and oxygen atoms in total. The van der Waals surface area contributed by atoms with Crippen LogP contribution in [0.25, 0.3) is 16.7 Å². The van der Waals surface area contributed by atoms with Crippen molar-refractivity contribution in [1.29, 1.82) is 0 Å². The van der Waals surface area contributed by atoms with Gasteiger partial charge in [0.25, 0.3) is 0 Å². The van der Waals surface area contributed by atoms with Crippen LogP contribution >= 0.6 is 0 Å². The van der Waals surface area contributed by atoms with Gasteiger partial charge in [-0.25, -0.2) is 19.6 Å². The second kappa shape index (κ2) is 7.28. The molecule has 0 spiro atoms. The highest BCUT2D eigenvalue weighted by molar-refractivity contribution is 5.85. The van der Waals surface area contributed by atoms with Crippen LogP contribution < -0.4 is 4.90 Å². The number of benzene rings is 1. The molecule has 8 heteroatoms. The maximum atomic E-state index is 4.42. The summed E-state index contributed by atoms with van der Waals surface area (Å²) in [5.74, 6) is 1.40. The molecule has 0 aliphatic carbocycles. The Morgan fingerprint density at radius 1 is 0.963 bits per heavy atom. The first-order valence-electron chi connectivity index (χ1n) is 8.46. The molecule has 0 unspecified atom stereocenters. The fourth-order valence-electron chi connectivity index (χ4n) is 2.63. The highest BCUT2D eigenvalue weighted by Gasteiger charge is 2.10. The van der Waals surface area contributed by atoms with Crippen LogP contribution in [0, 0.1) is 0 Å². The van der Waals surface area contributed by atoms with Crippen molar-refractivity contribution in [1.82, 2.24) is 24.7 Å². The van der Waals surface area contributed by atoms with Gasteiger partial charge in [-0.2, -0.15) is 10.2 Å². The lowest BCUT2D eigenvalue weighted by molar-refractivity contribution is 0.894. The SMILES string of the molecule is CN(C)c1ccc(CN=Nc2ncnc3c2cnn3-c2ccccc2)cn1. The fourth-order valence-corrected chi connectivity index (χ4v) is 2.63. The topological polar surface area (TPSA) is 84.5 Å². The first-order chi connectivity index (χ1) is 13.2. The summed E-state index contributed by atoms with van der Waals surface area (Å²) in [4.78, 5) is 14.9. The summed E-state index contributed by atoms with van der Waals surface area (Å²) in [5.41, 5.74) is 2.61. The molecule has 0 bridgehead atoms. The van der Waals surface area contributed by atoms with Crippen LogP contribution in [0.4, 0.5) is 11.6 Å². The van der Waals surface area contributed by atoms with E-state index in [1.165, 1.54) is 6.33 Å². The van der Waals surface area contributed by atoms with Gasteiger partial charge in [0.2, 0.25) is 0 Å². The predicted molar refractivity (Wildman–Crippen MR) is 103 cm³/mol. The van der Waals surface area contributed by atoms with E-state index in [4.69, 9.17) is 0 Å². The number of fused-ring (bicyclic) bond motifs is 1. The maximum Gasteiger partial charge on any atom is 0.188 e. The normalized spacial score (nSPS) is 11.3. The number of aromatic nitrogens is 5. The smallest absolute Gasteiger partial charge is 0.188 e. The molecule has 0 fully saturated rings. The van der Waals surface area contributed by atoms with Crippen molar-refractivity contribution in [3.63, 3.8) is 0 Å². The van der Waals surface area contributed by atoms with Gasteiger partial charge in [-0.3, -0.25) is 0 Å². The van der Waals surface area contributed by atoms with Crippen LogP contribution in [0.2, 0.25) is 0 Å². The molecule has 0 aliphatic rings. The average molecular weight is 358 g/mol. The third kappa shape index (κ3) is 3.50. The van der Waals surface area contributed by atoms with Crippen molar-refractivity contribution in [2.45, 2.75) is 6.54 Å². The summed E-state index contributed by atoms with van der Waals surface area (Å²) >= 11 is 0. The van der Waals surface area contributed by atoms with Crippen molar-refractivity contribution in [2.24, 2.45) is 10.2 Å². The maximum absolute atomic E-state index is 4.42. The van der Waals surface area contributed by atoms with Gasteiger partial charge in [-0.1, -0.05) is 24.3 Å². The Morgan fingerprint density at radius 3 is 2.56 bits per heavy atom. The van der Waals surface area contributed by atoms with Gasteiger partial charge >= 0.3 is 0 Å². The van der Waals surface area contributed by atoms with E-state index in [1.807, 2.05) is 61.5 Å². The van der Waals surface area contributed by atoms with Crippen LogP contribution in [0.3, 0.4) is 0 Å². The molecule has 4 aromatic rings. The zero-order valence-corrected chi connectivity index (χ0v) is 15.1. The minimum atomic E-state index is 0.430. The molecule has 0 saturated heterocycles. The Hall–Kier alpha value is -3.68. The Kier molecular flexibility index (Phi) is 4.52. The molecule has 4 rings (SSSR count). The number of hydrogen-bond acceptors (Lipinski definition) is 7. The van der Waals surface area contributed by atoms with Crippen molar-refractivity contribution >= 4 is 22.7 Å². The molecule has 0 aliphatic heterocycles. The molecular weight excluding hydrogens is 340 g/mol. The van der Waals surface area contributed by atoms with Crippen LogP contribution in [0.15, 0.2) is 71.4 Å². The van der Waals surface area contributed by atoms with Crippen molar-refractivity contribution in [2.75, 3.05) is 19.0 Å². The fraction of sp³-hybridized carbons (Fsp3) is 0.158. The van der Waals surface area contributed by atoms with Gasteiger partial charge < -0.3 is 4.90 Å². The van der Waals surface area contributed by atoms with Gasteiger partial charge in [0.1, 0.15) is 12.1 Å². The number of rotatable bonds is 5. The lowest BCUT2D eigenvalue weighted by atomic mass is 10.3. The molecule has 134 valence electrons. The summed E-state index contributed by atoms with van der Waals surface area (Å²) in [7, 11) is 3.91. The molecule has 27 heavy (non-hydrogen) atoms. The number of pyridine rings is 1. The number of para-hydroxylation sites is 1. The zero-order chi connectivity index (χ0) is 18.6. The second-order valence-corrected chi connectivity index (χ2v) is 6.15. The lowest BCUT2D eigenvalue weighted by Gasteiger charge is -2.10. The van der Waals surface area contributed by atoms with E-state index < -0.39 is 0 Å². The van der Waals surface area contributed by atoms with Crippen LogP contribution in [0.1, 0.15) is 5.56 Å². The first-order valence-corrected chi connectivity index (χ1v) is 8.46. The average Bonchev–Trinajstić information content (AvgIpc) is 3.14. The first kappa shape index (κ1) is 16.8. The van der Waals surface area contributed by atoms with E-state index >= 15 is 0 Å². The van der Waals surface area contributed by atoms with Gasteiger partial charge in [-0.15, -0.1) is 5.11 Å². The third-order valence-corrected chi connectivity index (χ3v) is 4.03. The third-order valence-electron chi connectivity index (χ3n) is 4.03. The van der Waals surface area contributed by atoms with Crippen molar-refractivity contribution in [3.05, 3.63) is 66.7 Å². The van der Waals surface area contributed by atoms with Crippen LogP contribution in [-0.4, -0.2) is 38.8 Å². The summed E-state index contributed by atoms with van der Waals surface area (Å²) < 4.78 is 1.76. The molecule has 0 N–H and O–H groups in total. The molecule has 1 aromatic carbocycles. The molecular formula is C19H18N8. The predicted octanol–water partition coefficient (Wildman–Crippen LogP) is 3.56. The highest BCUT2D eigenvalue weighted by Crippen LogP contribution is 2.24. The summed E-state index contributed by atoms with van der Waals surface area (Å²) in [6.07, 6.45) is 4.99. The number of hydrogen-bond donors (Lipinski definition) is 0. The number of azo groups is 1. The Balaban J connectivity index is 1.57. The molecule has 3 heterocycles. The minimum absolute atomic E-state index is 0.430. The van der Waals surface area contributed by atoms with Gasteiger partial charge in [0.05, 0.1) is 23.8 Å². The van der Waals surface area contributed by atoms with E-state index in [0.717, 1.165) is 22.5 Å².